The number of hydrogen-bond acceptors (Lipinski definition) is 3. The molecule has 0 N–H and O–H groups in total. The summed E-state index contributed by atoms with van der Waals surface area (Å²) < 4.78 is 41.2. The van der Waals surface area contributed by atoms with Crippen LogP contribution in [0.15, 0.2) is 21.8 Å². The van der Waals surface area contributed by atoms with Crippen LogP contribution in [-0.4, -0.2) is 16.0 Å². The largest absolute Gasteiger partial charge is 0.436 e. The van der Waals surface area contributed by atoms with Crippen molar-refractivity contribution in [2.75, 3.05) is 6.26 Å². The Morgan fingerprint density at radius 1 is 1.12 bits per heavy atom. The third-order valence-electron chi connectivity index (χ3n) is 4.13. The quantitative estimate of drug-likeness (QED) is 0.737. The van der Waals surface area contributed by atoms with Crippen LogP contribution in [0.5, 0.6) is 0 Å². The number of alkyl halides is 3. The van der Waals surface area contributed by atoms with E-state index in [-0.39, 0.29) is 10.5 Å². The molecule has 3 nitrogen and oxygen atoms in total. The summed E-state index contributed by atoms with van der Waals surface area (Å²) in [4.78, 5) is 12.7. The van der Waals surface area contributed by atoms with Crippen molar-refractivity contribution in [2.24, 2.45) is 7.05 Å². The molecule has 0 atom stereocenters. The van der Waals surface area contributed by atoms with E-state index < -0.39 is 17.4 Å². The molecule has 136 valence electrons. The fraction of sp³-hybridized carbons (Fsp3) is 0.444. The maximum Gasteiger partial charge on any atom is 0.436 e. The van der Waals surface area contributed by atoms with Gasteiger partial charge in [0, 0.05) is 7.05 Å². The number of aryl methyl sites for hydroxylation is 4. The zero-order valence-corrected chi connectivity index (χ0v) is 15.7. The Balaban J connectivity index is 3.03. The van der Waals surface area contributed by atoms with Crippen molar-refractivity contribution in [1.82, 2.24) is 9.78 Å². The minimum Gasteiger partial charge on any atom is -0.267 e. The average molecular weight is 370 g/mol. The van der Waals surface area contributed by atoms with Crippen molar-refractivity contribution in [3.05, 3.63) is 44.9 Å². The SMILES string of the molecule is CCc1cc(C)cc(CC)c1-c1c(SC)c(C(F)(F)F)nn(C)c1=O. The summed E-state index contributed by atoms with van der Waals surface area (Å²) in [5.41, 5.74) is 1.99. The third-order valence-corrected chi connectivity index (χ3v) is 4.94. The topological polar surface area (TPSA) is 34.9 Å². The molecule has 0 radical (unpaired) electrons. The molecule has 0 unspecified atom stereocenters. The van der Waals surface area contributed by atoms with E-state index in [0.717, 1.165) is 33.1 Å². The lowest BCUT2D eigenvalue weighted by Gasteiger charge is -2.20. The van der Waals surface area contributed by atoms with Crippen molar-refractivity contribution < 1.29 is 13.2 Å². The van der Waals surface area contributed by atoms with Gasteiger partial charge in [-0.15, -0.1) is 11.8 Å². The summed E-state index contributed by atoms with van der Waals surface area (Å²) in [6.07, 6.45) is -1.82. The van der Waals surface area contributed by atoms with Crippen LogP contribution in [-0.2, 0) is 26.1 Å². The third kappa shape index (κ3) is 3.61. The normalized spacial score (nSPS) is 11.8. The molecular weight excluding hydrogens is 349 g/mol. The van der Waals surface area contributed by atoms with Gasteiger partial charge in [-0.3, -0.25) is 4.79 Å². The van der Waals surface area contributed by atoms with E-state index in [1.54, 1.807) is 6.26 Å². The summed E-state index contributed by atoms with van der Waals surface area (Å²) in [5.74, 6) is 0. The molecule has 2 rings (SSSR count). The van der Waals surface area contributed by atoms with Gasteiger partial charge in [-0.25, -0.2) is 4.68 Å². The van der Waals surface area contributed by atoms with Gasteiger partial charge in [0.05, 0.1) is 10.5 Å². The number of halogens is 3. The lowest BCUT2D eigenvalue weighted by molar-refractivity contribution is -0.144. The minimum atomic E-state index is -4.62. The maximum absolute atomic E-state index is 13.5. The summed E-state index contributed by atoms with van der Waals surface area (Å²) in [6.45, 7) is 5.82. The molecular formula is C18H21F3N2OS. The van der Waals surface area contributed by atoms with Crippen LogP contribution in [0, 0.1) is 6.92 Å². The van der Waals surface area contributed by atoms with Gasteiger partial charge >= 0.3 is 6.18 Å². The predicted molar refractivity (Wildman–Crippen MR) is 95.2 cm³/mol. The van der Waals surface area contributed by atoms with Gasteiger partial charge in [0.1, 0.15) is 0 Å². The van der Waals surface area contributed by atoms with Crippen LogP contribution in [0.2, 0.25) is 0 Å². The molecule has 1 aromatic carbocycles. The van der Waals surface area contributed by atoms with E-state index in [9.17, 15) is 18.0 Å². The first-order chi connectivity index (χ1) is 11.6. The van der Waals surface area contributed by atoms with Crippen LogP contribution < -0.4 is 5.56 Å². The van der Waals surface area contributed by atoms with E-state index >= 15 is 0 Å². The van der Waals surface area contributed by atoms with Crippen LogP contribution in [0.1, 0.15) is 36.2 Å². The van der Waals surface area contributed by atoms with Crippen molar-refractivity contribution in [3.8, 4) is 11.1 Å². The molecule has 1 aromatic heterocycles. The Labute approximate surface area is 149 Å². The zero-order valence-electron chi connectivity index (χ0n) is 14.9. The minimum absolute atomic E-state index is 0.103. The van der Waals surface area contributed by atoms with Gasteiger partial charge < -0.3 is 0 Å². The average Bonchev–Trinajstić information content (AvgIpc) is 2.55. The summed E-state index contributed by atoms with van der Waals surface area (Å²) in [7, 11) is 1.26. The first-order valence-electron chi connectivity index (χ1n) is 8.00. The highest BCUT2D eigenvalue weighted by Crippen LogP contribution is 2.40. The number of hydrogen-bond donors (Lipinski definition) is 0. The molecule has 0 saturated heterocycles. The Hall–Kier alpha value is -1.76. The standard InChI is InChI=1S/C18H21F3N2OS/c1-6-11-8-10(3)9-12(7-2)13(11)14-15(25-5)16(18(19,20)21)22-23(4)17(14)24/h8-9H,6-7H2,1-5H3. The van der Waals surface area contributed by atoms with E-state index in [0.29, 0.717) is 18.4 Å². The first kappa shape index (κ1) is 19.6. The molecule has 0 aliphatic carbocycles. The number of rotatable bonds is 4. The molecule has 0 aliphatic heterocycles. The second kappa shape index (κ2) is 7.23. The lowest BCUT2D eigenvalue weighted by Crippen LogP contribution is -2.28. The Morgan fingerprint density at radius 2 is 1.64 bits per heavy atom. The number of thioether (sulfide) groups is 1. The highest BCUT2D eigenvalue weighted by atomic mass is 32.2. The van der Waals surface area contributed by atoms with Gasteiger partial charge in [-0.1, -0.05) is 31.5 Å². The summed E-state index contributed by atoms with van der Waals surface area (Å²) in [6, 6.07) is 3.87. The number of benzene rings is 1. The zero-order chi connectivity index (χ0) is 18.9. The molecule has 0 bridgehead atoms. The summed E-state index contributed by atoms with van der Waals surface area (Å²) in [5, 5.41) is 3.49. The van der Waals surface area contributed by atoms with E-state index in [1.807, 2.05) is 32.9 Å². The molecule has 0 amide bonds. The Morgan fingerprint density at radius 3 is 2.04 bits per heavy atom. The second-order valence-corrected chi connectivity index (χ2v) is 6.67. The second-order valence-electron chi connectivity index (χ2n) is 5.85. The van der Waals surface area contributed by atoms with E-state index in [2.05, 4.69) is 5.10 Å². The number of nitrogens with zero attached hydrogens (tertiary/aromatic N) is 2. The number of aromatic nitrogens is 2. The van der Waals surface area contributed by atoms with Gasteiger partial charge in [0.2, 0.25) is 0 Å². The monoisotopic (exact) mass is 370 g/mol. The van der Waals surface area contributed by atoms with E-state index in [1.165, 1.54) is 7.05 Å². The maximum atomic E-state index is 13.5. The van der Waals surface area contributed by atoms with Crippen molar-refractivity contribution in [1.29, 1.82) is 0 Å². The molecule has 7 heteroatoms. The highest BCUT2D eigenvalue weighted by Gasteiger charge is 2.38. The van der Waals surface area contributed by atoms with E-state index in [4.69, 9.17) is 0 Å². The smallest absolute Gasteiger partial charge is 0.267 e. The van der Waals surface area contributed by atoms with Crippen LogP contribution >= 0.6 is 11.8 Å². The van der Waals surface area contributed by atoms with Crippen LogP contribution in [0.3, 0.4) is 0 Å². The van der Waals surface area contributed by atoms with Gasteiger partial charge in [-0.2, -0.15) is 18.3 Å². The fourth-order valence-corrected chi connectivity index (χ4v) is 3.79. The fourth-order valence-electron chi connectivity index (χ4n) is 3.04. The van der Waals surface area contributed by atoms with Gasteiger partial charge in [-0.05, 0) is 42.7 Å². The predicted octanol–water partition coefficient (Wildman–Crippen LogP) is 4.62. The summed E-state index contributed by atoms with van der Waals surface area (Å²) >= 11 is 0.913. The van der Waals surface area contributed by atoms with Gasteiger partial charge in [0.25, 0.3) is 5.56 Å². The Kier molecular flexibility index (Phi) is 5.66. The van der Waals surface area contributed by atoms with Crippen molar-refractivity contribution >= 4 is 11.8 Å². The molecule has 1 heterocycles. The Bertz CT molecular complexity index is 832. The molecule has 0 spiro atoms. The molecule has 2 aromatic rings. The molecule has 25 heavy (non-hydrogen) atoms. The van der Waals surface area contributed by atoms with Crippen LogP contribution in [0.25, 0.3) is 11.1 Å². The highest BCUT2D eigenvalue weighted by molar-refractivity contribution is 7.98. The van der Waals surface area contributed by atoms with Crippen molar-refractivity contribution in [3.63, 3.8) is 0 Å². The lowest BCUT2D eigenvalue weighted by atomic mass is 9.90. The molecule has 0 aliphatic rings. The van der Waals surface area contributed by atoms with Crippen molar-refractivity contribution in [2.45, 2.75) is 44.7 Å². The first-order valence-corrected chi connectivity index (χ1v) is 9.23. The molecule has 0 saturated carbocycles. The van der Waals surface area contributed by atoms with Crippen LogP contribution in [0.4, 0.5) is 13.2 Å². The van der Waals surface area contributed by atoms with Gasteiger partial charge in [0.15, 0.2) is 5.69 Å². The molecule has 0 fully saturated rings.